The number of benzene rings is 2. The summed E-state index contributed by atoms with van der Waals surface area (Å²) in [6.45, 7) is 0. The van der Waals surface area contributed by atoms with Crippen LogP contribution in [0.1, 0.15) is 10.8 Å². The van der Waals surface area contributed by atoms with Crippen molar-refractivity contribution < 1.29 is 4.79 Å². The lowest BCUT2D eigenvalue weighted by Gasteiger charge is -2.15. The Morgan fingerprint density at radius 1 is 1.00 bits per heavy atom. The predicted octanol–water partition coefficient (Wildman–Crippen LogP) is 2.51. The summed E-state index contributed by atoms with van der Waals surface area (Å²) in [5.41, 5.74) is 3.16. The molecule has 2 rings (SSSR count). The summed E-state index contributed by atoms with van der Waals surface area (Å²) in [5, 5.41) is -0.335. The second kappa shape index (κ2) is 6.23. The molecule has 0 radical (unpaired) electrons. The number of thioether (sulfide) groups is 1. The Morgan fingerprint density at radius 2 is 1.56 bits per heavy atom. The Bertz CT molecular complexity index is 502. The minimum atomic E-state index is -0.335. The molecule has 0 bridgehead atoms. The fourth-order valence-electron chi connectivity index (χ4n) is 1.61. The Labute approximate surface area is 110 Å². The first-order valence-electron chi connectivity index (χ1n) is 5.58. The number of nitrogens with two attached hydrogens (primary N) is 1. The standard InChI is InChI=1S/C14H14N2OS/c15-16-14(17)13(11-7-3-1-4-8-11)18-12-9-5-2-6-10-12/h1-10,13H,15H2,(H,16,17)/t13-/m1/s1. The Kier molecular flexibility index (Phi) is 4.39. The van der Waals surface area contributed by atoms with Gasteiger partial charge in [-0.25, -0.2) is 5.84 Å². The maximum atomic E-state index is 11.9. The van der Waals surface area contributed by atoms with E-state index in [1.54, 1.807) is 0 Å². The molecule has 0 unspecified atom stereocenters. The summed E-state index contributed by atoms with van der Waals surface area (Å²) in [6, 6.07) is 19.4. The van der Waals surface area contributed by atoms with Gasteiger partial charge < -0.3 is 0 Å². The van der Waals surface area contributed by atoms with Crippen LogP contribution in [-0.4, -0.2) is 5.91 Å². The van der Waals surface area contributed by atoms with Crippen LogP contribution in [0, 0.1) is 0 Å². The first kappa shape index (κ1) is 12.7. The fraction of sp³-hybridized carbons (Fsp3) is 0.0714. The van der Waals surface area contributed by atoms with E-state index in [1.807, 2.05) is 60.7 Å². The van der Waals surface area contributed by atoms with Crippen LogP contribution in [0.3, 0.4) is 0 Å². The van der Waals surface area contributed by atoms with Gasteiger partial charge in [-0.15, -0.1) is 11.8 Å². The highest BCUT2D eigenvalue weighted by Gasteiger charge is 2.20. The van der Waals surface area contributed by atoms with E-state index >= 15 is 0 Å². The summed E-state index contributed by atoms with van der Waals surface area (Å²) >= 11 is 1.48. The van der Waals surface area contributed by atoms with Gasteiger partial charge in [0.15, 0.2) is 0 Å². The van der Waals surface area contributed by atoms with Crippen molar-refractivity contribution in [2.24, 2.45) is 5.84 Å². The number of hydrogen-bond donors (Lipinski definition) is 2. The van der Waals surface area contributed by atoms with Crippen molar-refractivity contribution in [3.05, 3.63) is 66.2 Å². The topological polar surface area (TPSA) is 55.1 Å². The second-order valence-corrected chi connectivity index (χ2v) is 4.91. The van der Waals surface area contributed by atoms with E-state index in [9.17, 15) is 4.79 Å². The highest BCUT2D eigenvalue weighted by atomic mass is 32.2. The third kappa shape index (κ3) is 3.12. The van der Waals surface area contributed by atoms with Crippen LogP contribution < -0.4 is 11.3 Å². The zero-order valence-corrected chi connectivity index (χ0v) is 10.6. The molecule has 92 valence electrons. The summed E-state index contributed by atoms with van der Waals surface area (Å²) < 4.78 is 0. The largest absolute Gasteiger partial charge is 0.293 e. The molecule has 0 aromatic heterocycles. The van der Waals surface area contributed by atoms with E-state index in [4.69, 9.17) is 5.84 Å². The van der Waals surface area contributed by atoms with Crippen molar-refractivity contribution in [1.29, 1.82) is 0 Å². The average Bonchev–Trinajstić information content (AvgIpc) is 2.46. The molecule has 2 aromatic rings. The van der Waals surface area contributed by atoms with Gasteiger partial charge in [0.2, 0.25) is 0 Å². The molecule has 0 saturated heterocycles. The monoisotopic (exact) mass is 258 g/mol. The maximum absolute atomic E-state index is 11.9. The van der Waals surface area contributed by atoms with E-state index in [-0.39, 0.29) is 11.2 Å². The van der Waals surface area contributed by atoms with Crippen LogP contribution >= 0.6 is 11.8 Å². The summed E-state index contributed by atoms with van der Waals surface area (Å²) in [5.74, 6) is 5.05. The molecule has 2 aromatic carbocycles. The third-order valence-corrected chi connectivity index (χ3v) is 3.75. The van der Waals surface area contributed by atoms with Gasteiger partial charge >= 0.3 is 0 Å². The van der Waals surface area contributed by atoms with Crippen LogP contribution in [0.5, 0.6) is 0 Å². The lowest BCUT2D eigenvalue weighted by atomic mass is 10.1. The van der Waals surface area contributed by atoms with Gasteiger partial charge in [0.25, 0.3) is 5.91 Å². The molecular formula is C14H14N2OS. The van der Waals surface area contributed by atoms with Gasteiger partial charge in [-0.1, -0.05) is 48.5 Å². The SMILES string of the molecule is NNC(=O)[C@H](Sc1ccccc1)c1ccccc1. The van der Waals surface area contributed by atoms with E-state index in [0.717, 1.165) is 10.5 Å². The molecule has 4 heteroatoms. The van der Waals surface area contributed by atoms with E-state index in [1.165, 1.54) is 11.8 Å². The Hall–Kier alpha value is -1.78. The molecule has 0 fully saturated rings. The van der Waals surface area contributed by atoms with Gasteiger partial charge in [0.1, 0.15) is 5.25 Å². The van der Waals surface area contributed by atoms with Crippen LogP contribution in [0.2, 0.25) is 0 Å². The zero-order valence-electron chi connectivity index (χ0n) is 9.74. The van der Waals surface area contributed by atoms with Crippen molar-refractivity contribution in [3.63, 3.8) is 0 Å². The fourth-order valence-corrected chi connectivity index (χ4v) is 2.67. The van der Waals surface area contributed by atoms with E-state index < -0.39 is 0 Å². The molecule has 18 heavy (non-hydrogen) atoms. The molecule has 3 N–H and O–H groups in total. The Balaban J connectivity index is 2.24. The van der Waals surface area contributed by atoms with Gasteiger partial charge in [0.05, 0.1) is 0 Å². The van der Waals surface area contributed by atoms with Crippen molar-refractivity contribution in [2.75, 3.05) is 0 Å². The molecule has 3 nitrogen and oxygen atoms in total. The highest BCUT2D eigenvalue weighted by Crippen LogP contribution is 2.34. The minimum absolute atomic E-state index is 0.199. The van der Waals surface area contributed by atoms with Gasteiger partial charge in [-0.3, -0.25) is 10.2 Å². The van der Waals surface area contributed by atoms with Gasteiger partial charge in [0, 0.05) is 4.90 Å². The number of amides is 1. The molecule has 0 aliphatic heterocycles. The van der Waals surface area contributed by atoms with E-state index in [0.29, 0.717) is 0 Å². The van der Waals surface area contributed by atoms with Crippen LogP contribution in [0.25, 0.3) is 0 Å². The number of nitrogens with one attached hydrogen (secondary N) is 1. The molecular weight excluding hydrogens is 244 g/mol. The first-order chi connectivity index (χ1) is 8.81. The van der Waals surface area contributed by atoms with Crippen molar-refractivity contribution in [1.82, 2.24) is 5.43 Å². The van der Waals surface area contributed by atoms with Crippen LogP contribution in [-0.2, 0) is 4.79 Å². The van der Waals surface area contributed by atoms with Crippen LogP contribution in [0.4, 0.5) is 0 Å². The summed E-state index contributed by atoms with van der Waals surface area (Å²) in [7, 11) is 0. The second-order valence-electron chi connectivity index (χ2n) is 3.73. The number of carbonyl (C=O) groups is 1. The van der Waals surface area contributed by atoms with Crippen LogP contribution in [0.15, 0.2) is 65.6 Å². The lowest BCUT2D eigenvalue weighted by molar-refractivity contribution is -0.120. The number of carbonyl (C=O) groups excluding carboxylic acids is 1. The van der Waals surface area contributed by atoms with Crippen molar-refractivity contribution in [3.8, 4) is 0 Å². The zero-order chi connectivity index (χ0) is 12.8. The summed E-state index contributed by atoms with van der Waals surface area (Å²) in [6.07, 6.45) is 0. The first-order valence-corrected chi connectivity index (χ1v) is 6.46. The van der Waals surface area contributed by atoms with Gasteiger partial charge in [-0.2, -0.15) is 0 Å². The average molecular weight is 258 g/mol. The van der Waals surface area contributed by atoms with Crippen molar-refractivity contribution in [2.45, 2.75) is 10.1 Å². The van der Waals surface area contributed by atoms with Crippen molar-refractivity contribution >= 4 is 17.7 Å². The number of rotatable bonds is 4. The number of hydrogen-bond acceptors (Lipinski definition) is 3. The molecule has 0 heterocycles. The minimum Gasteiger partial charge on any atom is -0.293 e. The Morgan fingerprint density at radius 3 is 2.11 bits per heavy atom. The molecule has 1 atom stereocenters. The maximum Gasteiger partial charge on any atom is 0.251 e. The molecule has 0 aliphatic carbocycles. The lowest BCUT2D eigenvalue weighted by Crippen LogP contribution is -2.33. The normalized spacial score (nSPS) is 11.8. The molecule has 0 aliphatic rings. The third-order valence-electron chi connectivity index (χ3n) is 2.48. The predicted molar refractivity (Wildman–Crippen MR) is 73.8 cm³/mol. The quantitative estimate of drug-likeness (QED) is 0.383. The molecule has 0 saturated carbocycles. The smallest absolute Gasteiger partial charge is 0.251 e. The molecule has 1 amide bonds. The highest BCUT2D eigenvalue weighted by molar-refractivity contribution is 8.00. The van der Waals surface area contributed by atoms with Gasteiger partial charge in [-0.05, 0) is 17.7 Å². The number of hydrazine groups is 1. The summed E-state index contributed by atoms with van der Waals surface area (Å²) in [4.78, 5) is 12.9. The molecule has 0 spiro atoms. The van der Waals surface area contributed by atoms with E-state index in [2.05, 4.69) is 5.43 Å².